The first kappa shape index (κ1) is 27.5. The van der Waals surface area contributed by atoms with E-state index in [0.717, 1.165) is 11.1 Å². The van der Waals surface area contributed by atoms with Crippen LogP contribution in [0.15, 0.2) is 36.4 Å². The Bertz CT molecular complexity index is 987. The van der Waals surface area contributed by atoms with Gasteiger partial charge < -0.3 is 34.5 Å². The number of benzene rings is 2. The van der Waals surface area contributed by atoms with Crippen LogP contribution in [0.1, 0.15) is 37.1 Å². The zero-order chi connectivity index (χ0) is 26.3. The summed E-state index contributed by atoms with van der Waals surface area (Å²) in [5.41, 5.74) is 1.97. The molecule has 35 heavy (non-hydrogen) atoms. The molecule has 1 heterocycles. The second kappa shape index (κ2) is 12.1. The van der Waals surface area contributed by atoms with Crippen LogP contribution in [0.4, 0.5) is 0 Å². The normalized spacial score (nSPS) is 21.3. The van der Waals surface area contributed by atoms with Crippen molar-refractivity contribution in [1.82, 2.24) is 5.32 Å². The highest BCUT2D eigenvalue weighted by Crippen LogP contribution is 2.41. The summed E-state index contributed by atoms with van der Waals surface area (Å²) in [5.74, 6) is -1.14. The Labute approximate surface area is 203 Å². The number of hydrogen-bond donors (Lipinski definition) is 3. The number of methoxy groups -OCH3 is 4. The van der Waals surface area contributed by atoms with Crippen LogP contribution in [0, 0.1) is 11.8 Å². The van der Waals surface area contributed by atoms with Gasteiger partial charge in [-0.15, -0.1) is 0 Å². The van der Waals surface area contributed by atoms with Crippen molar-refractivity contribution in [2.45, 2.75) is 25.9 Å². The van der Waals surface area contributed by atoms with Crippen molar-refractivity contribution in [3.8, 4) is 23.0 Å². The standard InChI is InChI=1S/C23H29NO5.C2H2O4/c1-13-21(15-7-9-17(26-3)19(11-15)28-5)24-22(14(2)23(13)25)16-8-10-18(27-4)20(12-16)29-6;3-1(4)2(5)6/h7-14,21-22,24H,1-6H3;(H,3,4)(H,5,6). The molecule has 0 aromatic heterocycles. The second-order valence-corrected chi connectivity index (χ2v) is 7.94. The van der Waals surface area contributed by atoms with Gasteiger partial charge >= 0.3 is 11.9 Å². The average Bonchev–Trinajstić information content (AvgIpc) is 2.87. The zero-order valence-corrected chi connectivity index (χ0v) is 20.5. The third kappa shape index (κ3) is 6.21. The molecule has 3 N–H and O–H groups in total. The van der Waals surface area contributed by atoms with Crippen molar-refractivity contribution in [1.29, 1.82) is 0 Å². The van der Waals surface area contributed by atoms with E-state index >= 15 is 0 Å². The lowest BCUT2D eigenvalue weighted by Gasteiger charge is -2.39. The average molecular weight is 490 g/mol. The molecule has 0 saturated carbocycles. The molecule has 4 unspecified atom stereocenters. The number of ketones is 1. The number of ether oxygens (including phenoxy) is 4. The lowest BCUT2D eigenvalue weighted by Crippen LogP contribution is -2.46. The third-order valence-electron chi connectivity index (χ3n) is 5.97. The Balaban J connectivity index is 0.000000641. The van der Waals surface area contributed by atoms with Gasteiger partial charge in [-0.3, -0.25) is 4.79 Å². The Hall–Kier alpha value is -3.79. The molecule has 1 fully saturated rings. The lowest BCUT2D eigenvalue weighted by atomic mass is 9.76. The monoisotopic (exact) mass is 489 g/mol. The molecule has 0 amide bonds. The van der Waals surface area contributed by atoms with Gasteiger partial charge in [0.1, 0.15) is 5.78 Å². The lowest BCUT2D eigenvalue weighted by molar-refractivity contribution is -0.159. The Kier molecular flexibility index (Phi) is 9.47. The van der Waals surface area contributed by atoms with Gasteiger partial charge in [-0.2, -0.15) is 0 Å². The fraction of sp³-hybridized carbons (Fsp3) is 0.400. The maximum atomic E-state index is 13.1. The van der Waals surface area contributed by atoms with Gasteiger partial charge in [-0.25, -0.2) is 9.59 Å². The van der Waals surface area contributed by atoms with Crippen LogP contribution in [0.25, 0.3) is 0 Å². The molecule has 0 bridgehead atoms. The topological polar surface area (TPSA) is 141 Å². The van der Waals surface area contributed by atoms with E-state index in [1.54, 1.807) is 28.4 Å². The Morgan fingerprint density at radius 2 is 1.03 bits per heavy atom. The summed E-state index contributed by atoms with van der Waals surface area (Å²) < 4.78 is 21.6. The van der Waals surface area contributed by atoms with Crippen LogP contribution in [0.5, 0.6) is 23.0 Å². The van der Waals surface area contributed by atoms with Crippen LogP contribution in [0.2, 0.25) is 0 Å². The summed E-state index contributed by atoms with van der Waals surface area (Å²) >= 11 is 0. The van der Waals surface area contributed by atoms with Crippen LogP contribution in [0.3, 0.4) is 0 Å². The highest BCUT2D eigenvalue weighted by Gasteiger charge is 2.40. The van der Waals surface area contributed by atoms with E-state index in [9.17, 15) is 4.79 Å². The van der Waals surface area contributed by atoms with E-state index in [1.165, 1.54) is 0 Å². The van der Waals surface area contributed by atoms with Gasteiger partial charge in [0.25, 0.3) is 0 Å². The molecule has 10 heteroatoms. The van der Waals surface area contributed by atoms with E-state index in [4.69, 9.17) is 38.7 Å². The number of carbonyl (C=O) groups excluding carboxylic acids is 1. The predicted octanol–water partition coefficient (Wildman–Crippen LogP) is 3.10. The maximum absolute atomic E-state index is 13.1. The van der Waals surface area contributed by atoms with Gasteiger partial charge in [-0.1, -0.05) is 26.0 Å². The molecule has 0 aliphatic carbocycles. The fourth-order valence-electron chi connectivity index (χ4n) is 4.09. The minimum absolute atomic E-state index is 0.142. The van der Waals surface area contributed by atoms with Crippen LogP contribution in [-0.4, -0.2) is 56.4 Å². The highest BCUT2D eigenvalue weighted by molar-refractivity contribution is 6.27. The predicted molar refractivity (Wildman–Crippen MR) is 126 cm³/mol. The molecule has 2 aromatic carbocycles. The van der Waals surface area contributed by atoms with Gasteiger partial charge in [-0.05, 0) is 35.4 Å². The summed E-state index contributed by atoms with van der Waals surface area (Å²) in [4.78, 5) is 31.3. The second-order valence-electron chi connectivity index (χ2n) is 7.94. The number of carboxylic acid groups (broad SMARTS) is 2. The van der Waals surface area contributed by atoms with Crippen LogP contribution in [-0.2, 0) is 14.4 Å². The first-order valence-electron chi connectivity index (χ1n) is 10.8. The van der Waals surface area contributed by atoms with Crippen molar-refractivity contribution in [3.05, 3.63) is 47.5 Å². The zero-order valence-electron chi connectivity index (χ0n) is 20.5. The SMILES string of the molecule is COc1ccc(C2NC(c3ccc(OC)c(OC)c3)C(C)C(=O)C2C)cc1OC.O=C(O)C(=O)O. The third-order valence-corrected chi connectivity index (χ3v) is 5.97. The van der Waals surface area contributed by atoms with Gasteiger partial charge in [0.2, 0.25) is 0 Å². The number of Topliss-reactive ketones (excluding diaryl/α,β-unsaturated/α-hetero) is 1. The molecular weight excluding hydrogens is 458 g/mol. The van der Waals surface area contributed by atoms with E-state index in [1.807, 2.05) is 50.2 Å². The highest BCUT2D eigenvalue weighted by atomic mass is 16.5. The van der Waals surface area contributed by atoms with E-state index in [2.05, 4.69) is 5.32 Å². The molecule has 2 aromatic rings. The Morgan fingerprint density at radius 3 is 1.31 bits per heavy atom. The molecular formula is C25H31NO9. The molecule has 4 atom stereocenters. The summed E-state index contributed by atoms with van der Waals surface area (Å²) in [6.07, 6.45) is 0. The van der Waals surface area contributed by atoms with Crippen molar-refractivity contribution in [2.75, 3.05) is 28.4 Å². The number of hydrogen-bond acceptors (Lipinski definition) is 8. The molecule has 1 aliphatic rings. The van der Waals surface area contributed by atoms with E-state index in [-0.39, 0.29) is 29.7 Å². The first-order chi connectivity index (χ1) is 16.6. The van der Waals surface area contributed by atoms with Gasteiger partial charge in [0.15, 0.2) is 23.0 Å². The first-order valence-corrected chi connectivity index (χ1v) is 10.8. The minimum atomic E-state index is -1.82. The largest absolute Gasteiger partial charge is 0.493 e. The van der Waals surface area contributed by atoms with Gasteiger partial charge in [0.05, 0.1) is 28.4 Å². The number of aliphatic carboxylic acids is 2. The summed E-state index contributed by atoms with van der Waals surface area (Å²) in [7, 11) is 6.44. The minimum Gasteiger partial charge on any atom is -0.493 e. The Morgan fingerprint density at radius 1 is 0.686 bits per heavy atom. The molecule has 190 valence electrons. The van der Waals surface area contributed by atoms with Gasteiger partial charge in [0, 0.05) is 23.9 Å². The number of rotatable bonds is 6. The van der Waals surface area contributed by atoms with Crippen molar-refractivity contribution < 1.29 is 43.5 Å². The number of piperidine rings is 1. The molecule has 3 rings (SSSR count). The number of carbonyl (C=O) groups is 3. The molecule has 10 nitrogen and oxygen atoms in total. The van der Waals surface area contributed by atoms with Crippen molar-refractivity contribution in [2.24, 2.45) is 11.8 Å². The molecule has 1 aliphatic heterocycles. The van der Waals surface area contributed by atoms with E-state index in [0.29, 0.717) is 23.0 Å². The van der Waals surface area contributed by atoms with Crippen LogP contribution < -0.4 is 24.3 Å². The van der Waals surface area contributed by atoms with Crippen LogP contribution >= 0.6 is 0 Å². The summed E-state index contributed by atoms with van der Waals surface area (Å²) in [6, 6.07) is 11.3. The summed E-state index contributed by atoms with van der Waals surface area (Å²) in [6.45, 7) is 3.94. The number of carboxylic acids is 2. The quantitative estimate of drug-likeness (QED) is 0.518. The summed E-state index contributed by atoms with van der Waals surface area (Å²) in [5, 5.41) is 18.5. The van der Waals surface area contributed by atoms with E-state index < -0.39 is 11.9 Å². The van der Waals surface area contributed by atoms with Crippen molar-refractivity contribution in [3.63, 3.8) is 0 Å². The fourth-order valence-corrected chi connectivity index (χ4v) is 4.09. The maximum Gasteiger partial charge on any atom is 0.414 e. The molecule has 0 radical (unpaired) electrons. The molecule has 1 saturated heterocycles. The smallest absolute Gasteiger partial charge is 0.414 e. The van der Waals surface area contributed by atoms with Crippen molar-refractivity contribution >= 4 is 17.7 Å². The molecule has 0 spiro atoms. The number of nitrogens with one attached hydrogen (secondary N) is 1.